The van der Waals surface area contributed by atoms with Crippen LogP contribution in [0.2, 0.25) is 0 Å². The summed E-state index contributed by atoms with van der Waals surface area (Å²) in [6.07, 6.45) is 1.06. The molecule has 0 radical (unpaired) electrons. The van der Waals surface area contributed by atoms with Crippen molar-refractivity contribution in [2.75, 3.05) is 17.7 Å². The first-order chi connectivity index (χ1) is 10.1. The lowest BCUT2D eigenvalue weighted by molar-refractivity contribution is -0.116. The van der Waals surface area contributed by atoms with Crippen LogP contribution >= 0.6 is 0 Å². The van der Waals surface area contributed by atoms with E-state index in [1.54, 1.807) is 0 Å². The summed E-state index contributed by atoms with van der Waals surface area (Å²) in [5.41, 5.74) is 8.18. The smallest absolute Gasteiger partial charge is 0.224 e. The summed E-state index contributed by atoms with van der Waals surface area (Å²) in [6.45, 7) is 2.48. The lowest BCUT2D eigenvalue weighted by Crippen LogP contribution is -2.14. The van der Waals surface area contributed by atoms with E-state index < -0.39 is 0 Å². The van der Waals surface area contributed by atoms with Crippen molar-refractivity contribution in [3.8, 4) is 5.75 Å². The van der Waals surface area contributed by atoms with Crippen molar-refractivity contribution in [1.29, 1.82) is 0 Å². The van der Waals surface area contributed by atoms with Crippen LogP contribution in [0.15, 0.2) is 48.5 Å². The number of ether oxygens (including phenoxy) is 1. The Bertz CT molecular complexity index is 597. The number of hydrogen-bond donors (Lipinski definition) is 2. The van der Waals surface area contributed by atoms with E-state index in [1.165, 1.54) is 0 Å². The van der Waals surface area contributed by atoms with Gasteiger partial charge in [-0.3, -0.25) is 4.79 Å². The molecule has 4 heteroatoms. The number of anilines is 2. The van der Waals surface area contributed by atoms with Crippen LogP contribution in [0.5, 0.6) is 5.75 Å². The first kappa shape index (κ1) is 14.9. The topological polar surface area (TPSA) is 64.3 Å². The highest BCUT2D eigenvalue weighted by Gasteiger charge is 2.05. The van der Waals surface area contributed by atoms with Gasteiger partial charge < -0.3 is 15.8 Å². The molecular formula is C17H20N2O2. The number of benzene rings is 2. The molecule has 0 unspecified atom stereocenters. The zero-order valence-electron chi connectivity index (χ0n) is 12.1. The minimum absolute atomic E-state index is 0.0535. The fourth-order valence-electron chi connectivity index (χ4n) is 1.95. The molecule has 0 aromatic heterocycles. The molecule has 2 aromatic carbocycles. The molecule has 0 bridgehead atoms. The van der Waals surface area contributed by atoms with Gasteiger partial charge in [0.2, 0.25) is 5.91 Å². The van der Waals surface area contributed by atoms with Crippen molar-refractivity contribution in [3.63, 3.8) is 0 Å². The second kappa shape index (κ2) is 7.33. The van der Waals surface area contributed by atoms with Crippen molar-refractivity contribution in [2.45, 2.75) is 19.8 Å². The molecule has 0 aliphatic rings. The first-order valence-corrected chi connectivity index (χ1v) is 6.99. The van der Waals surface area contributed by atoms with Gasteiger partial charge in [0.05, 0.1) is 18.0 Å². The standard InChI is InChI=1S/C17H20N2O2/c1-13-9-10-16(15(18)12-13)19-17(20)8-5-11-21-14-6-3-2-4-7-14/h2-4,6-7,9-10,12H,5,8,11,18H2,1H3,(H,19,20). The number of rotatable bonds is 6. The highest BCUT2D eigenvalue weighted by molar-refractivity contribution is 5.93. The van der Waals surface area contributed by atoms with Gasteiger partial charge in [0.1, 0.15) is 5.75 Å². The molecule has 0 aliphatic carbocycles. The van der Waals surface area contributed by atoms with Crippen LogP contribution in [0.4, 0.5) is 11.4 Å². The van der Waals surface area contributed by atoms with E-state index in [9.17, 15) is 4.79 Å². The predicted molar refractivity (Wildman–Crippen MR) is 85.4 cm³/mol. The molecule has 110 valence electrons. The normalized spacial score (nSPS) is 10.1. The molecule has 0 atom stereocenters. The second-order valence-electron chi connectivity index (χ2n) is 4.90. The van der Waals surface area contributed by atoms with Gasteiger partial charge in [-0.05, 0) is 43.2 Å². The lowest BCUT2D eigenvalue weighted by Gasteiger charge is -2.09. The van der Waals surface area contributed by atoms with E-state index >= 15 is 0 Å². The van der Waals surface area contributed by atoms with Gasteiger partial charge in [0, 0.05) is 6.42 Å². The maximum atomic E-state index is 11.8. The van der Waals surface area contributed by atoms with Crippen LogP contribution in [0.25, 0.3) is 0 Å². The zero-order valence-corrected chi connectivity index (χ0v) is 12.1. The number of aryl methyl sites for hydroxylation is 1. The molecule has 2 rings (SSSR count). The molecule has 4 nitrogen and oxygen atoms in total. The molecule has 2 aromatic rings. The van der Waals surface area contributed by atoms with Crippen molar-refractivity contribution < 1.29 is 9.53 Å². The summed E-state index contributed by atoms with van der Waals surface area (Å²) in [7, 11) is 0. The fraction of sp³-hybridized carbons (Fsp3) is 0.235. The van der Waals surface area contributed by atoms with E-state index in [2.05, 4.69) is 5.32 Å². The first-order valence-electron chi connectivity index (χ1n) is 6.99. The van der Waals surface area contributed by atoms with Gasteiger partial charge in [-0.2, -0.15) is 0 Å². The largest absolute Gasteiger partial charge is 0.494 e. The molecule has 1 amide bonds. The summed E-state index contributed by atoms with van der Waals surface area (Å²) < 4.78 is 5.54. The Morgan fingerprint density at radius 2 is 1.95 bits per heavy atom. The highest BCUT2D eigenvalue weighted by Crippen LogP contribution is 2.19. The second-order valence-corrected chi connectivity index (χ2v) is 4.90. The SMILES string of the molecule is Cc1ccc(NC(=O)CCCOc2ccccc2)c(N)c1. The van der Waals surface area contributed by atoms with Gasteiger partial charge in [0.25, 0.3) is 0 Å². The lowest BCUT2D eigenvalue weighted by atomic mass is 10.2. The number of nitrogen functional groups attached to an aromatic ring is 1. The van der Waals surface area contributed by atoms with Crippen LogP contribution in [-0.4, -0.2) is 12.5 Å². The number of carbonyl (C=O) groups excluding carboxylic acids is 1. The Balaban J connectivity index is 1.72. The van der Waals surface area contributed by atoms with Crippen LogP contribution in [-0.2, 0) is 4.79 Å². The fourth-order valence-corrected chi connectivity index (χ4v) is 1.95. The monoisotopic (exact) mass is 284 g/mol. The van der Waals surface area contributed by atoms with E-state index in [0.717, 1.165) is 11.3 Å². The third-order valence-electron chi connectivity index (χ3n) is 3.04. The van der Waals surface area contributed by atoms with Gasteiger partial charge in [-0.1, -0.05) is 24.3 Å². The van der Waals surface area contributed by atoms with Crippen molar-refractivity contribution in [2.24, 2.45) is 0 Å². The third-order valence-corrected chi connectivity index (χ3v) is 3.04. The summed E-state index contributed by atoms with van der Waals surface area (Å²) in [4.78, 5) is 11.8. The Morgan fingerprint density at radius 3 is 2.67 bits per heavy atom. The maximum absolute atomic E-state index is 11.8. The zero-order chi connectivity index (χ0) is 15.1. The molecule has 0 aliphatic heterocycles. The van der Waals surface area contributed by atoms with E-state index in [4.69, 9.17) is 10.5 Å². The van der Waals surface area contributed by atoms with Crippen LogP contribution in [0, 0.1) is 6.92 Å². The molecule has 3 N–H and O–H groups in total. The average Bonchev–Trinajstić information content (AvgIpc) is 2.48. The van der Waals surface area contributed by atoms with Crippen LogP contribution < -0.4 is 15.8 Å². The molecule has 0 saturated heterocycles. The van der Waals surface area contributed by atoms with Gasteiger partial charge in [-0.25, -0.2) is 0 Å². The van der Waals surface area contributed by atoms with Gasteiger partial charge in [-0.15, -0.1) is 0 Å². The number of carbonyl (C=O) groups is 1. The minimum atomic E-state index is -0.0535. The van der Waals surface area contributed by atoms with Crippen molar-refractivity contribution >= 4 is 17.3 Å². The Kier molecular flexibility index (Phi) is 5.21. The summed E-state index contributed by atoms with van der Waals surface area (Å²) in [6, 6.07) is 15.2. The Hall–Kier alpha value is -2.49. The summed E-state index contributed by atoms with van der Waals surface area (Å²) >= 11 is 0. The molecular weight excluding hydrogens is 264 g/mol. The molecule has 0 saturated carbocycles. The molecule has 0 fully saturated rings. The van der Waals surface area contributed by atoms with E-state index in [0.29, 0.717) is 30.8 Å². The predicted octanol–water partition coefficient (Wildman–Crippen LogP) is 3.37. The van der Waals surface area contributed by atoms with Crippen LogP contribution in [0.3, 0.4) is 0 Å². The van der Waals surface area contributed by atoms with Gasteiger partial charge >= 0.3 is 0 Å². The minimum Gasteiger partial charge on any atom is -0.494 e. The number of amides is 1. The summed E-state index contributed by atoms with van der Waals surface area (Å²) in [5.74, 6) is 0.767. The Labute approximate surface area is 124 Å². The number of hydrogen-bond acceptors (Lipinski definition) is 3. The number of para-hydroxylation sites is 1. The molecule has 0 heterocycles. The van der Waals surface area contributed by atoms with Crippen LogP contribution in [0.1, 0.15) is 18.4 Å². The third kappa shape index (κ3) is 4.84. The van der Waals surface area contributed by atoms with Crippen molar-refractivity contribution in [3.05, 3.63) is 54.1 Å². The van der Waals surface area contributed by atoms with E-state index in [1.807, 2.05) is 55.5 Å². The maximum Gasteiger partial charge on any atom is 0.224 e. The number of nitrogens with one attached hydrogen (secondary N) is 1. The van der Waals surface area contributed by atoms with Crippen molar-refractivity contribution in [1.82, 2.24) is 0 Å². The molecule has 21 heavy (non-hydrogen) atoms. The average molecular weight is 284 g/mol. The Morgan fingerprint density at radius 1 is 1.19 bits per heavy atom. The van der Waals surface area contributed by atoms with E-state index in [-0.39, 0.29) is 5.91 Å². The highest BCUT2D eigenvalue weighted by atomic mass is 16.5. The summed E-state index contributed by atoms with van der Waals surface area (Å²) in [5, 5.41) is 2.82. The quantitative estimate of drug-likeness (QED) is 0.631. The van der Waals surface area contributed by atoms with Gasteiger partial charge in [0.15, 0.2) is 0 Å². The number of nitrogens with two attached hydrogens (primary N) is 1. The molecule has 0 spiro atoms.